The molecule has 3 rings (SSSR count). The first-order valence-electron chi connectivity index (χ1n) is 7.83. The normalized spacial score (nSPS) is 19.5. The lowest BCUT2D eigenvalue weighted by molar-refractivity contribution is 0.127. The lowest BCUT2D eigenvalue weighted by Gasteiger charge is -2.32. The number of H-pyrrole nitrogens is 1. The first-order chi connectivity index (χ1) is 10.8. The summed E-state index contributed by atoms with van der Waals surface area (Å²) in [5.74, 6) is 1.28. The van der Waals surface area contributed by atoms with Crippen LogP contribution in [0.1, 0.15) is 30.3 Å². The molecule has 1 saturated heterocycles. The zero-order chi connectivity index (χ0) is 15.4. The number of hydrogen-bond donors (Lipinski definition) is 1. The number of aromatic amines is 1. The van der Waals surface area contributed by atoms with Gasteiger partial charge in [-0.15, -0.1) is 0 Å². The number of nitrogens with one attached hydrogen (secondary N) is 1. The molecule has 0 bridgehead atoms. The second kappa shape index (κ2) is 6.98. The summed E-state index contributed by atoms with van der Waals surface area (Å²) in [6.45, 7) is 5.92. The highest BCUT2D eigenvalue weighted by Gasteiger charge is 2.23. The van der Waals surface area contributed by atoms with E-state index in [-0.39, 0.29) is 0 Å². The van der Waals surface area contributed by atoms with Gasteiger partial charge in [0.05, 0.1) is 18.0 Å². The van der Waals surface area contributed by atoms with E-state index in [1.54, 1.807) is 13.3 Å². The standard InChI is InChI=1S/C16H23N5O/c1-12-18-15(10-16(19-12)14-5-6-17-20-14)13-4-3-7-21(11-13)8-9-22-2/h5-6,10,13H,3-4,7-9,11H2,1-2H3,(H,17,20)/t13-/m0/s1. The van der Waals surface area contributed by atoms with Gasteiger partial charge in [-0.2, -0.15) is 5.10 Å². The van der Waals surface area contributed by atoms with E-state index in [2.05, 4.69) is 31.1 Å². The van der Waals surface area contributed by atoms with Crippen molar-refractivity contribution in [3.8, 4) is 11.4 Å². The third kappa shape index (κ3) is 3.51. The van der Waals surface area contributed by atoms with Gasteiger partial charge in [-0.25, -0.2) is 9.97 Å². The van der Waals surface area contributed by atoms with Crippen LogP contribution in [0.5, 0.6) is 0 Å². The molecule has 3 heterocycles. The Morgan fingerprint density at radius 1 is 1.41 bits per heavy atom. The molecule has 2 aromatic heterocycles. The van der Waals surface area contributed by atoms with Crippen LogP contribution in [-0.4, -0.2) is 58.4 Å². The molecule has 0 amide bonds. The zero-order valence-corrected chi connectivity index (χ0v) is 13.2. The third-order valence-corrected chi connectivity index (χ3v) is 4.17. The van der Waals surface area contributed by atoms with Crippen LogP contribution in [0.25, 0.3) is 11.4 Å². The Labute approximate surface area is 130 Å². The number of nitrogens with zero attached hydrogens (tertiary/aromatic N) is 4. The zero-order valence-electron chi connectivity index (χ0n) is 13.2. The molecule has 1 fully saturated rings. The van der Waals surface area contributed by atoms with Crippen LogP contribution in [-0.2, 0) is 4.74 Å². The van der Waals surface area contributed by atoms with Crippen LogP contribution in [0.4, 0.5) is 0 Å². The Bertz CT molecular complexity index is 599. The number of ether oxygens (including phenoxy) is 1. The highest BCUT2D eigenvalue weighted by molar-refractivity contribution is 5.53. The molecule has 2 aromatic rings. The van der Waals surface area contributed by atoms with Crippen molar-refractivity contribution in [1.82, 2.24) is 25.1 Å². The predicted octanol–water partition coefficient (Wildman–Crippen LogP) is 2.00. The highest BCUT2D eigenvalue weighted by atomic mass is 16.5. The second-order valence-corrected chi connectivity index (χ2v) is 5.83. The fourth-order valence-corrected chi connectivity index (χ4v) is 3.06. The maximum absolute atomic E-state index is 5.19. The van der Waals surface area contributed by atoms with Crippen molar-refractivity contribution < 1.29 is 4.74 Å². The summed E-state index contributed by atoms with van der Waals surface area (Å²) >= 11 is 0. The first kappa shape index (κ1) is 15.1. The average molecular weight is 301 g/mol. The van der Waals surface area contributed by atoms with E-state index in [9.17, 15) is 0 Å². The minimum atomic E-state index is 0.467. The van der Waals surface area contributed by atoms with Crippen LogP contribution >= 0.6 is 0 Å². The molecule has 1 aliphatic rings. The van der Waals surface area contributed by atoms with E-state index in [1.807, 2.05) is 13.0 Å². The summed E-state index contributed by atoms with van der Waals surface area (Å²) in [5, 5.41) is 6.99. The molecule has 1 aliphatic heterocycles. The summed E-state index contributed by atoms with van der Waals surface area (Å²) in [5.41, 5.74) is 3.01. The van der Waals surface area contributed by atoms with Gasteiger partial charge in [-0.05, 0) is 38.4 Å². The van der Waals surface area contributed by atoms with Crippen LogP contribution in [0.3, 0.4) is 0 Å². The smallest absolute Gasteiger partial charge is 0.126 e. The van der Waals surface area contributed by atoms with Gasteiger partial charge < -0.3 is 9.64 Å². The average Bonchev–Trinajstić information content (AvgIpc) is 3.07. The Hall–Kier alpha value is -1.79. The lowest BCUT2D eigenvalue weighted by Crippen LogP contribution is -2.36. The largest absolute Gasteiger partial charge is 0.383 e. The van der Waals surface area contributed by atoms with Crippen LogP contribution in [0.15, 0.2) is 18.3 Å². The maximum Gasteiger partial charge on any atom is 0.126 e. The minimum Gasteiger partial charge on any atom is -0.383 e. The van der Waals surface area contributed by atoms with Crippen LogP contribution < -0.4 is 0 Å². The molecule has 22 heavy (non-hydrogen) atoms. The van der Waals surface area contributed by atoms with E-state index in [0.717, 1.165) is 49.1 Å². The monoisotopic (exact) mass is 301 g/mol. The van der Waals surface area contributed by atoms with Gasteiger partial charge in [-0.1, -0.05) is 0 Å². The van der Waals surface area contributed by atoms with Gasteiger partial charge in [0.2, 0.25) is 0 Å². The molecule has 1 N–H and O–H groups in total. The maximum atomic E-state index is 5.19. The topological polar surface area (TPSA) is 66.9 Å². The number of likely N-dealkylation sites (tertiary alicyclic amines) is 1. The summed E-state index contributed by atoms with van der Waals surface area (Å²) < 4.78 is 5.19. The van der Waals surface area contributed by atoms with Crippen molar-refractivity contribution in [2.45, 2.75) is 25.7 Å². The van der Waals surface area contributed by atoms with Crippen molar-refractivity contribution in [3.63, 3.8) is 0 Å². The van der Waals surface area contributed by atoms with Gasteiger partial charge >= 0.3 is 0 Å². The predicted molar refractivity (Wildman–Crippen MR) is 84.6 cm³/mol. The number of aromatic nitrogens is 4. The van der Waals surface area contributed by atoms with E-state index in [0.29, 0.717) is 5.92 Å². The Balaban J connectivity index is 1.79. The van der Waals surface area contributed by atoms with Gasteiger partial charge in [0.25, 0.3) is 0 Å². The summed E-state index contributed by atoms with van der Waals surface area (Å²) in [7, 11) is 1.76. The van der Waals surface area contributed by atoms with Crippen molar-refractivity contribution in [1.29, 1.82) is 0 Å². The molecule has 0 aromatic carbocycles. The Kier molecular flexibility index (Phi) is 4.80. The molecule has 0 unspecified atom stereocenters. The second-order valence-electron chi connectivity index (χ2n) is 5.83. The summed E-state index contributed by atoms with van der Waals surface area (Å²) in [6, 6.07) is 4.04. The number of rotatable bonds is 5. The van der Waals surface area contributed by atoms with Gasteiger partial charge in [0.15, 0.2) is 0 Å². The number of aryl methyl sites for hydroxylation is 1. The summed E-state index contributed by atoms with van der Waals surface area (Å²) in [4.78, 5) is 11.7. The molecule has 0 radical (unpaired) electrons. The quantitative estimate of drug-likeness (QED) is 0.915. The summed E-state index contributed by atoms with van der Waals surface area (Å²) in [6.07, 6.45) is 4.14. The molecule has 0 spiro atoms. The molecule has 6 nitrogen and oxygen atoms in total. The van der Waals surface area contributed by atoms with Gasteiger partial charge in [0.1, 0.15) is 5.82 Å². The Morgan fingerprint density at radius 2 is 2.32 bits per heavy atom. The molecular weight excluding hydrogens is 278 g/mol. The number of piperidine rings is 1. The SMILES string of the molecule is COCCN1CCC[C@H](c2cc(-c3ccn[nH]3)nc(C)n2)C1. The fraction of sp³-hybridized carbons (Fsp3) is 0.562. The molecule has 0 aliphatic carbocycles. The molecule has 1 atom stereocenters. The van der Waals surface area contributed by atoms with Gasteiger partial charge in [0, 0.05) is 38.0 Å². The number of methoxy groups -OCH3 is 1. The van der Waals surface area contributed by atoms with Gasteiger partial charge in [-0.3, -0.25) is 5.10 Å². The van der Waals surface area contributed by atoms with Crippen molar-refractivity contribution >= 4 is 0 Å². The minimum absolute atomic E-state index is 0.467. The fourth-order valence-electron chi connectivity index (χ4n) is 3.06. The van der Waals surface area contributed by atoms with Crippen molar-refractivity contribution in [3.05, 3.63) is 29.8 Å². The first-order valence-corrected chi connectivity index (χ1v) is 7.83. The third-order valence-electron chi connectivity index (χ3n) is 4.17. The molecule has 0 saturated carbocycles. The van der Waals surface area contributed by atoms with Crippen LogP contribution in [0.2, 0.25) is 0 Å². The van der Waals surface area contributed by atoms with E-state index >= 15 is 0 Å². The van der Waals surface area contributed by atoms with E-state index < -0.39 is 0 Å². The van der Waals surface area contributed by atoms with Crippen molar-refractivity contribution in [2.24, 2.45) is 0 Å². The van der Waals surface area contributed by atoms with Crippen molar-refractivity contribution in [2.75, 3.05) is 33.4 Å². The van der Waals surface area contributed by atoms with Crippen LogP contribution in [0, 0.1) is 6.92 Å². The molecule has 6 heteroatoms. The Morgan fingerprint density at radius 3 is 3.09 bits per heavy atom. The van der Waals surface area contributed by atoms with E-state index in [1.165, 1.54) is 12.8 Å². The van der Waals surface area contributed by atoms with E-state index in [4.69, 9.17) is 4.74 Å². The number of hydrogen-bond acceptors (Lipinski definition) is 5. The molecule has 118 valence electrons. The molecular formula is C16H23N5O. The highest BCUT2D eigenvalue weighted by Crippen LogP contribution is 2.27. The lowest BCUT2D eigenvalue weighted by atomic mass is 9.94.